The van der Waals surface area contributed by atoms with Gasteiger partial charge >= 0.3 is 11.9 Å². The lowest BCUT2D eigenvalue weighted by molar-refractivity contribution is -0.161. The molecule has 1 N–H and O–H groups in total. The van der Waals surface area contributed by atoms with Gasteiger partial charge in [0.2, 0.25) is 0 Å². The second-order valence-electron chi connectivity index (χ2n) is 13.8. The molecule has 1 rings (SSSR count). The molecule has 1 saturated heterocycles. The van der Waals surface area contributed by atoms with Crippen molar-refractivity contribution in [1.29, 1.82) is 0 Å². The Labute approximate surface area is 284 Å². The molecule has 3 atom stereocenters. The van der Waals surface area contributed by atoms with E-state index in [1.165, 1.54) is 122 Å². The van der Waals surface area contributed by atoms with Gasteiger partial charge in [-0.25, -0.2) is 0 Å². The lowest BCUT2D eigenvalue weighted by Crippen LogP contribution is -2.28. The van der Waals surface area contributed by atoms with Gasteiger partial charge in [-0.2, -0.15) is 0 Å². The van der Waals surface area contributed by atoms with Crippen molar-refractivity contribution >= 4 is 11.9 Å². The first-order valence-electron chi connectivity index (χ1n) is 19.9. The van der Waals surface area contributed by atoms with E-state index in [0.717, 1.165) is 51.4 Å². The van der Waals surface area contributed by atoms with Crippen molar-refractivity contribution in [3.63, 3.8) is 0 Å². The summed E-state index contributed by atoms with van der Waals surface area (Å²) in [5.41, 5.74) is 0. The zero-order chi connectivity index (χ0) is 33.3. The van der Waals surface area contributed by atoms with Crippen molar-refractivity contribution in [1.82, 2.24) is 0 Å². The minimum atomic E-state index is -0.774. The number of epoxide rings is 1. The summed E-state index contributed by atoms with van der Waals surface area (Å²) in [6, 6.07) is 0. The minimum Gasteiger partial charge on any atom is -0.462 e. The molecule has 0 aliphatic carbocycles. The molecule has 1 aliphatic rings. The number of allylic oxidation sites excluding steroid dienone is 1. The first-order valence-corrected chi connectivity index (χ1v) is 19.9. The minimum absolute atomic E-state index is 0.0717. The van der Waals surface area contributed by atoms with Crippen molar-refractivity contribution in [3.05, 3.63) is 12.2 Å². The van der Waals surface area contributed by atoms with Gasteiger partial charge in [-0.05, 0) is 38.5 Å². The maximum atomic E-state index is 12.2. The van der Waals surface area contributed by atoms with E-state index in [1.807, 2.05) is 0 Å². The fraction of sp³-hybridized carbons (Fsp3) is 0.900. The van der Waals surface area contributed by atoms with Crippen molar-refractivity contribution in [2.45, 2.75) is 218 Å². The molecule has 6 heteroatoms. The molecule has 46 heavy (non-hydrogen) atoms. The summed E-state index contributed by atoms with van der Waals surface area (Å²) in [6.45, 7) is 4.10. The van der Waals surface area contributed by atoms with E-state index < -0.39 is 6.10 Å². The summed E-state index contributed by atoms with van der Waals surface area (Å²) in [4.78, 5) is 24.3. The van der Waals surface area contributed by atoms with Crippen molar-refractivity contribution in [3.8, 4) is 0 Å². The average Bonchev–Trinajstić information content (AvgIpc) is 3.81. The fourth-order valence-electron chi connectivity index (χ4n) is 6.09. The summed E-state index contributed by atoms with van der Waals surface area (Å²) >= 11 is 0. The highest BCUT2D eigenvalue weighted by Gasteiger charge is 2.36. The van der Waals surface area contributed by atoms with Crippen LogP contribution < -0.4 is 0 Å². The van der Waals surface area contributed by atoms with E-state index in [9.17, 15) is 14.7 Å². The van der Waals surface area contributed by atoms with Gasteiger partial charge in [0.1, 0.15) is 6.61 Å². The van der Waals surface area contributed by atoms with Crippen molar-refractivity contribution < 1.29 is 28.9 Å². The molecule has 2 unspecified atom stereocenters. The Hall–Kier alpha value is -1.40. The number of carbonyl (C=O) groups excluding carboxylic acids is 2. The molecule has 0 bridgehead atoms. The Morgan fingerprint density at radius 3 is 1.63 bits per heavy atom. The Morgan fingerprint density at radius 2 is 1.09 bits per heavy atom. The molecule has 6 nitrogen and oxygen atoms in total. The van der Waals surface area contributed by atoms with E-state index in [1.54, 1.807) is 0 Å². The quantitative estimate of drug-likeness (QED) is 0.0318. The van der Waals surface area contributed by atoms with Gasteiger partial charge in [0.25, 0.3) is 0 Å². The van der Waals surface area contributed by atoms with Gasteiger partial charge < -0.3 is 19.3 Å². The first-order chi connectivity index (χ1) is 22.6. The second-order valence-corrected chi connectivity index (χ2v) is 13.8. The predicted octanol–water partition coefficient (Wildman–Crippen LogP) is 11.1. The van der Waals surface area contributed by atoms with Crippen molar-refractivity contribution in [2.24, 2.45) is 0 Å². The van der Waals surface area contributed by atoms with Gasteiger partial charge in [-0.1, -0.05) is 161 Å². The average molecular weight is 651 g/mol. The van der Waals surface area contributed by atoms with Crippen LogP contribution in [0.3, 0.4) is 0 Å². The van der Waals surface area contributed by atoms with Crippen LogP contribution in [0, 0.1) is 0 Å². The molecular formula is C40H74O6. The molecule has 1 heterocycles. The molecule has 270 valence electrons. The number of esters is 2. The van der Waals surface area contributed by atoms with E-state index in [-0.39, 0.29) is 25.2 Å². The summed E-state index contributed by atoms with van der Waals surface area (Å²) in [7, 11) is 0. The third-order valence-electron chi connectivity index (χ3n) is 9.23. The normalized spacial score (nSPS) is 16.6. The Kier molecular flexibility index (Phi) is 29.8. The van der Waals surface area contributed by atoms with E-state index in [2.05, 4.69) is 26.0 Å². The van der Waals surface area contributed by atoms with Crippen LogP contribution in [0.25, 0.3) is 0 Å². The standard InChI is InChI=1S/C40H74O6/c1-3-5-7-8-9-10-11-12-13-14-15-16-17-22-25-29-33-40(43)45-36(34-41)35-44-39(42)32-28-24-21-19-18-20-23-27-31-38-37(46-38)30-26-6-4-2/h23,27,36-38,41H,3-22,24-26,28-35H2,1-2H3/b27-23-/t36-,37?,38?/m0/s1. The number of aliphatic hydroxyl groups is 1. The highest BCUT2D eigenvalue weighted by Crippen LogP contribution is 2.30. The number of hydrogen-bond acceptors (Lipinski definition) is 6. The van der Waals surface area contributed by atoms with E-state index in [0.29, 0.717) is 25.0 Å². The highest BCUT2D eigenvalue weighted by atomic mass is 16.6. The SMILES string of the molecule is CCCCCCCCCCCCCCCCCCC(=O)O[C@@H](CO)COC(=O)CCCCCCC/C=C\CC1OC1CCCCC. The Morgan fingerprint density at radius 1 is 0.609 bits per heavy atom. The van der Waals surface area contributed by atoms with E-state index >= 15 is 0 Å². The third-order valence-corrected chi connectivity index (χ3v) is 9.23. The lowest BCUT2D eigenvalue weighted by Gasteiger charge is -2.15. The Balaban J connectivity index is 1.86. The third kappa shape index (κ3) is 27.7. The maximum Gasteiger partial charge on any atom is 0.306 e. The second kappa shape index (κ2) is 32.2. The van der Waals surface area contributed by atoms with Crippen LogP contribution in [-0.4, -0.2) is 48.6 Å². The number of ether oxygens (including phenoxy) is 3. The summed E-state index contributed by atoms with van der Waals surface area (Å²) < 4.78 is 16.3. The van der Waals surface area contributed by atoms with Crippen LogP contribution in [0.1, 0.15) is 200 Å². The van der Waals surface area contributed by atoms with Crippen LogP contribution in [-0.2, 0) is 23.8 Å². The van der Waals surface area contributed by atoms with Crippen LogP contribution >= 0.6 is 0 Å². The summed E-state index contributed by atoms with van der Waals surface area (Å²) in [6.07, 6.45) is 38.7. The molecule has 1 aliphatic heterocycles. The van der Waals surface area contributed by atoms with Crippen molar-refractivity contribution in [2.75, 3.05) is 13.2 Å². The predicted molar refractivity (Wildman–Crippen MR) is 191 cm³/mol. The Bertz CT molecular complexity index is 723. The lowest BCUT2D eigenvalue weighted by atomic mass is 10.0. The molecule has 0 radical (unpaired) electrons. The first kappa shape index (κ1) is 42.6. The van der Waals surface area contributed by atoms with Gasteiger partial charge in [-0.15, -0.1) is 0 Å². The largest absolute Gasteiger partial charge is 0.462 e. The topological polar surface area (TPSA) is 85.4 Å². The number of aliphatic hydroxyl groups excluding tert-OH is 1. The molecular weight excluding hydrogens is 576 g/mol. The highest BCUT2D eigenvalue weighted by molar-refractivity contribution is 5.70. The fourth-order valence-corrected chi connectivity index (χ4v) is 6.09. The van der Waals surface area contributed by atoms with Crippen LogP contribution in [0.2, 0.25) is 0 Å². The molecule has 0 aromatic carbocycles. The molecule has 0 spiro atoms. The molecule has 0 aromatic rings. The number of carbonyl (C=O) groups is 2. The van der Waals surface area contributed by atoms with E-state index in [4.69, 9.17) is 14.2 Å². The number of unbranched alkanes of at least 4 members (excludes halogenated alkanes) is 22. The maximum absolute atomic E-state index is 12.2. The molecule has 0 aromatic heterocycles. The monoisotopic (exact) mass is 651 g/mol. The summed E-state index contributed by atoms with van der Waals surface area (Å²) in [5.74, 6) is -0.603. The van der Waals surface area contributed by atoms with Gasteiger partial charge in [-0.3, -0.25) is 9.59 Å². The molecule has 0 saturated carbocycles. The van der Waals surface area contributed by atoms with Crippen LogP contribution in [0.5, 0.6) is 0 Å². The zero-order valence-electron chi connectivity index (χ0n) is 30.3. The number of rotatable bonds is 35. The van der Waals surface area contributed by atoms with Gasteiger partial charge in [0.05, 0.1) is 18.8 Å². The summed E-state index contributed by atoms with van der Waals surface area (Å²) in [5, 5.41) is 9.55. The van der Waals surface area contributed by atoms with Gasteiger partial charge in [0, 0.05) is 12.8 Å². The number of hydrogen-bond donors (Lipinski definition) is 1. The molecule has 1 fully saturated rings. The smallest absolute Gasteiger partial charge is 0.306 e. The van der Waals surface area contributed by atoms with Gasteiger partial charge in [0.15, 0.2) is 6.10 Å². The van der Waals surface area contributed by atoms with Crippen LogP contribution in [0.15, 0.2) is 12.2 Å². The molecule has 0 amide bonds. The van der Waals surface area contributed by atoms with Crippen LogP contribution in [0.4, 0.5) is 0 Å². The zero-order valence-corrected chi connectivity index (χ0v) is 30.3.